The molecule has 2 amide bonds. The van der Waals surface area contributed by atoms with E-state index >= 15 is 0 Å². The minimum absolute atomic E-state index is 0.0805. The van der Waals surface area contributed by atoms with E-state index in [1.165, 1.54) is 7.11 Å². The van der Waals surface area contributed by atoms with Crippen LogP contribution in [-0.4, -0.2) is 29.1 Å². The lowest BCUT2D eigenvalue weighted by molar-refractivity contribution is -0.116. The predicted octanol–water partition coefficient (Wildman–Crippen LogP) is 3.81. The summed E-state index contributed by atoms with van der Waals surface area (Å²) in [6.07, 6.45) is 0.424. The number of methoxy groups -OCH3 is 1. The van der Waals surface area contributed by atoms with Crippen molar-refractivity contribution in [2.45, 2.75) is 20.3 Å². The summed E-state index contributed by atoms with van der Waals surface area (Å²) in [6.45, 7) is 3.96. The number of nitrogens with one attached hydrogen (secondary N) is 3. The Kier molecular flexibility index (Phi) is 5.40. The minimum atomic E-state index is -0.328. The van der Waals surface area contributed by atoms with Crippen LogP contribution in [0.25, 0.3) is 10.9 Å². The Hall–Kier alpha value is -3.35. The molecule has 0 aliphatic carbocycles. The number of para-hydroxylation sites is 1. The lowest BCUT2D eigenvalue weighted by atomic mass is 10.1. The lowest BCUT2D eigenvalue weighted by Gasteiger charge is -2.13. The fourth-order valence-corrected chi connectivity index (χ4v) is 2.77. The van der Waals surface area contributed by atoms with Gasteiger partial charge in [-0.25, -0.2) is 0 Å². The van der Waals surface area contributed by atoms with E-state index < -0.39 is 0 Å². The third-order valence-corrected chi connectivity index (χ3v) is 4.01. The van der Waals surface area contributed by atoms with Crippen LogP contribution in [-0.2, 0) is 4.79 Å². The normalized spacial score (nSPS) is 10.8. The highest BCUT2D eigenvalue weighted by Crippen LogP contribution is 2.29. The van der Waals surface area contributed by atoms with E-state index in [9.17, 15) is 9.59 Å². The van der Waals surface area contributed by atoms with Gasteiger partial charge in [0.05, 0.1) is 18.3 Å². The highest BCUT2D eigenvalue weighted by atomic mass is 16.5. The van der Waals surface area contributed by atoms with Gasteiger partial charge in [0.1, 0.15) is 5.75 Å². The zero-order chi connectivity index (χ0) is 19.4. The Labute approximate surface area is 157 Å². The molecule has 0 bridgehead atoms. The second kappa shape index (κ2) is 7.90. The molecule has 0 saturated carbocycles. The number of nitrogens with zero attached hydrogens (tertiary/aromatic N) is 1. The molecule has 0 aliphatic heterocycles. The monoisotopic (exact) mass is 366 g/mol. The lowest BCUT2D eigenvalue weighted by Crippen LogP contribution is -2.15. The van der Waals surface area contributed by atoms with E-state index in [1.54, 1.807) is 18.2 Å². The van der Waals surface area contributed by atoms with Crippen molar-refractivity contribution in [3.8, 4) is 5.75 Å². The zero-order valence-electron chi connectivity index (χ0n) is 15.5. The van der Waals surface area contributed by atoms with Crippen LogP contribution >= 0.6 is 0 Å². The Morgan fingerprint density at radius 2 is 1.93 bits per heavy atom. The summed E-state index contributed by atoms with van der Waals surface area (Å²) in [5.74, 6) is 0.323. The van der Waals surface area contributed by atoms with Crippen LogP contribution in [0.3, 0.4) is 0 Å². The summed E-state index contributed by atoms with van der Waals surface area (Å²) >= 11 is 0. The van der Waals surface area contributed by atoms with Crippen LogP contribution in [0.2, 0.25) is 0 Å². The fraction of sp³-hybridized carbons (Fsp3) is 0.250. The number of hydrogen-bond acceptors (Lipinski definition) is 4. The SMILES string of the molecule is COc1cc(NC(=O)c2n[nH]c3ccccc23)ccc1NC(=O)CC(C)C. The van der Waals surface area contributed by atoms with Crippen molar-refractivity contribution in [1.82, 2.24) is 10.2 Å². The van der Waals surface area contributed by atoms with Crippen molar-refractivity contribution in [1.29, 1.82) is 0 Å². The van der Waals surface area contributed by atoms with Gasteiger partial charge >= 0.3 is 0 Å². The first kappa shape index (κ1) is 18.4. The van der Waals surface area contributed by atoms with Gasteiger partial charge in [0.2, 0.25) is 5.91 Å². The summed E-state index contributed by atoms with van der Waals surface area (Å²) in [5.41, 5.74) is 2.22. The minimum Gasteiger partial charge on any atom is -0.494 e. The van der Waals surface area contributed by atoms with E-state index in [0.29, 0.717) is 29.2 Å². The number of benzene rings is 2. The molecule has 1 aromatic heterocycles. The van der Waals surface area contributed by atoms with E-state index in [4.69, 9.17) is 4.74 Å². The average Bonchev–Trinajstić information content (AvgIpc) is 3.06. The standard InChI is InChI=1S/C20H22N4O3/c1-12(2)10-18(25)22-16-9-8-13(11-17(16)27-3)21-20(26)19-14-6-4-5-7-15(14)23-24-19/h4-9,11-12H,10H2,1-3H3,(H,21,26)(H,22,25)(H,23,24). The smallest absolute Gasteiger partial charge is 0.276 e. The number of carbonyl (C=O) groups excluding carboxylic acids is 2. The number of carbonyl (C=O) groups is 2. The van der Waals surface area contributed by atoms with Crippen LogP contribution in [0.4, 0.5) is 11.4 Å². The number of hydrogen-bond donors (Lipinski definition) is 3. The topological polar surface area (TPSA) is 96.1 Å². The summed E-state index contributed by atoms with van der Waals surface area (Å²) in [5, 5.41) is 13.3. The molecule has 27 heavy (non-hydrogen) atoms. The van der Waals surface area contributed by atoms with Gasteiger partial charge in [0.15, 0.2) is 5.69 Å². The first-order chi connectivity index (χ1) is 13.0. The number of H-pyrrole nitrogens is 1. The number of rotatable bonds is 6. The number of fused-ring (bicyclic) bond motifs is 1. The van der Waals surface area contributed by atoms with Crippen LogP contribution in [0.1, 0.15) is 30.8 Å². The van der Waals surface area contributed by atoms with Gasteiger partial charge < -0.3 is 15.4 Å². The Balaban J connectivity index is 1.77. The molecule has 7 nitrogen and oxygen atoms in total. The second-order valence-electron chi connectivity index (χ2n) is 6.63. The molecule has 0 aliphatic rings. The van der Waals surface area contributed by atoms with Crippen molar-refractivity contribution in [2.24, 2.45) is 5.92 Å². The van der Waals surface area contributed by atoms with Gasteiger partial charge in [0.25, 0.3) is 5.91 Å². The van der Waals surface area contributed by atoms with Crippen LogP contribution < -0.4 is 15.4 Å². The number of aromatic amines is 1. The molecule has 1 heterocycles. The fourth-order valence-electron chi connectivity index (χ4n) is 2.77. The third kappa shape index (κ3) is 4.25. The highest BCUT2D eigenvalue weighted by molar-refractivity contribution is 6.11. The van der Waals surface area contributed by atoms with Crippen molar-refractivity contribution >= 4 is 34.1 Å². The number of anilines is 2. The molecule has 3 rings (SSSR count). The Morgan fingerprint density at radius 1 is 1.15 bits per heavy atom. The van der Waals surface area contributed by atoms with Gasteiger partial charge in [-0.3, -0.25) is 14.7 Å². The largest absolute Gasteiger partial charge is 0.494 e. The maximum Gasteiger partial charge on any atom is 0.276 e. The molecule has 7 heteroatoms. The zero-order valence-corrected chi connectivity index (χ0v) is 15.5. The maximum atomic E-state index is 12.6. The predicted molar refractivity (Wildman–Crippen MR) is 105 cm³/mol. The molecule has 3 N–H and O–H groups in total. The molecular weight excluding hydrogens is 344 g/mol. The molecule has 0 fully saturated rings. The third-order valence-electron chi connectivity index (χ3n) is 4.01. The molecule has 0 radical (unpaired) electrons. The summed E-state index contributed by atoms with van der Waals surface area (Å²) < 4.78 is 5.35. The van der Waals surface area contributed by atoms with E-state index in [-0.39, 0.29) is 17.7 Å². The van der Waals surface area contributed by atoms with Crippen LogP contribution in [0.5, 0.6) is 5.75 Å². The molecule has 0 atom stereocenters. The molecule has 0 unspecified atom stereocenters. The molecule has 3 aromatic rings. The van der Waals surface area contributed by atoms with E-state index in [1.807, 2.05) is 38.1 Å². The average molecular weight is 366 g/mol. The number of amides is 2. The van der Waals surface area contributed by atoms with Gasteiger partial charge in [0, 0.05) is 23.6 Å². The van der Waals surface area contributed by atoms with Crippen LogP contribution in [0, 0.1) is 5.92 Å². The second-order valence-corrected chi connectivity index (χ2v) is 6.63. The molecule has 0 spiro atoms. The van der Waals surface area contributed by atoms with Crippen molar-refractivity contribution in [3.05, 3.63) is 48.2 Å². The molecule has 2 aromatic carbocycles. The molecule has 140 valence electrons. The summed E-state index contributed by atoms with van der Waals surface area (Å²) in [7, 11) is 1.51. The Bertz CT molecular complexity index is 978. The van der Waals surface area contributed by atoms with Crippen molar-refractivity contribution in [2.75, 3.05) is 17.7 Å². The summed E-state index contributed by atoms with van der Waals surface area (Å²) in [6, 6.07) is 12.5. The molecule has 0 saturated heterocycles. The highest BCUT2D eigenvalue weighted by Gasteiger charge is 2.15. The number of aromatic nitrogens is 2. The maximum absolute atomic E-state index is 12.6. The quantitative estimate of drug-likeness (QED) is 0.618. The first-order valence-electron chi connectivity index (χ1n) is 8.70. The number of ether oxygens (including phenoxy) is 1. The molecular formula is C20H22N4O3. The van der Waals surface area contributed by atoms with E-state index in [2.05, 4.69) is 20.8 Å². The Morgan fingerprint density at radius 3 is 2.67 bits per heavy atom. The van der Waals surface area contributed by atoms with Gasteiger partial charge in [-0.05, 0) is 24.1 Å². The van der Waals surface area contributed by atoms with Crippen LogP contribution in [0.15, 0.2) is 42.5 Å². The van der Waals surface area contributed by atoms with Crippen molar-refractivity contribution in [3.63, 3.8) is 0 Å². The van der Waals surface area contributed by atoms with Gasteiger partial charge in [-0.15, -0.1) is 0 Å². The van der Waals surface area contributed by atoms with Gasteiger partial charge in [-0.2, -0.15) is 5.10 Å². The van der Waals surface area contributed by atoms with Gasteiger partial charge in [-0.1, -0.05) is 32.0 Å². The van der Waals surface area contributed by atoms with Crippen molar-refractivity contribution < 1.29 is 14.3 Å². The first-order valence-corrected chi connectivity index (χ1v) is 8.70. The van der Waals surface area contributed by atoms with E-state index in [0.717, 1.165) is 10.9 Å². The summed E-state index contributed by atoms with van der Waals surface area (Å²) in [4.78, 5) is 24.6.